The van der Waals surface area contributed by atoms with Gasteiger partial charge in [0.25, 0.3) is 11.7 Å². The van der Waals surface area contributed by atoms with Gasteiger partial charge >= 0.3 is 0 Å². The summed E-state index contributed by atoms with van der Waals surface area (Å²) in [4.78, 5) is 25.9. The van der Waals surface area contributed by atoms with Gasteiger partial charge < -0.3 is 19.7 Å². The minimum absolute atomic E-state index is 0.0203. The number of hydrogen-bond acceptors (Lipinski definition) is 4. The van der Waals surface area contributed by atoms with Crippen LogP contribution in [0.1, 0.15) is 15.9 Å². The fraction of sp³-hybridized carbons (Fsp3) is 0.0833. The lowest BCUT2D eigenvalue weighted by Gasteiger charge is -2.10. The molecule has 2 N–H and O–H groups in total. The number of benzene rings is 3. The summed E-state index contributed by atoms with van der Waals surface area (Å²) < 4.78 is 6.79. The first-order chi connectivity index (χ1) is 15.8. The van der Waals surface area contributed by atoms with Crippen LogP contribution in [0, 0.1) is 0 Å². The highest BCUT2D eigenvalue weighted by atomic mass is 35.5. The second-order valence-corrected chi connectivity index (χ2v) is 8.41. The third-order valence-electron chi connectivity index (χ3n) is 5.09. The molecule has 0 bridgehead atoms. The predicted octanol–water partition coefficient (Wildman–Crippen LogP) is 6.19. The molecule has 0 aliphatic heterocycles. The summed E-state index contributed by atoms with van der Waals surface area (Å²) in [6.07, 6.45) is 0. The zero-order valence-corrected chi connectivity index (χ0v) is 19.5. The molecule has 0 spiro atoms. The molecule has 168 valence electrons. The third kappa shape index (κ3) is 4.64. The first kappa shape index (κ1) is 23.0. The Bertz CT molecular complexity index is 1400. The SMILES string of the molecule is COc1cccc(NC(=O)C(=O)c2c(Cl)n(Cc3ccc(Cl)cc3Cl)c3ccc(O)cc23)c1. The Hall–Kier alpha value is -3.19. The second kappa shape index (κ2) is 9.35. The lowest BCUT2D eigenvalue weighted by atomic mass is 10.1. The van der Waals surface area contributed by atoms with Gasteiger partial charge in [-0.05, 0) is 48.0 Å². The summed E-state index contributed by atoms with van der Waals surface area (Å²) >= 11 is 18.9. The van der Waals surface area contributed by atoms with Crippen LogP contribution in [0.2, 0.25) is 15.2 Å². The summed E-state index contributed by atoms with van der Waals surface area (Å²) in [6, 6.07) is 16.2. The van der Waals surface area contributed by atoms with Gasteiger partial charge in [-0.15, -0.1) is 0 Å². The minimum atomic E-state index is -0.878. The van der Waals surface area contributed by atoms with E-state index in [1.807, 2.05) is 0 Å². The first-order valence-corrected chi connectivity index (χ1v) is 10.9. The quantitative estimate of drug-likeness (QED) is 0.243. The van der Waals surface area contributed by atoms with E-state index >= 15 is 0 Å². The fourth-order valence-electron chi connectivity index (χ4n) is 3.50. The van der Waals surface area contributed by atoms with E-state index in [1.54, 1.807) is 53.1 Å². The van der Waals surface area contributed by atoms with Gasteiger partial charge in [0.2, 0.25) is 0 Å². The Morgan fingerprint density at radius 2 is 1.82 bits per heavy atom. The number of ketones is 1. The number of aromatic nitrogens is 1. The number of fused-ring (bicyclic) bond motifs is 1. The van der Waals surface area contributed by atoms with Crippen molar-refractivity contribution in [3.05, 3.63) is 87.0 Å². The van der Waals surface area contributed by atoms with Crippen LogP contribution in [-0.4, -0.2) is 28.5 Å². The molecule has 4 rings (SSSR count). The second-order valence-electron chi connectivity index (χ2n) is 7.20. The molecule has 0 radical (unpaired) electrons. The Morgan fingerprint density at radius 1 is 1.03 bits per heavy atom. The summed E-state index contributed by atoms with van der Waals surface area (Å²) in [6.45, 7) is 0.223. The molecule has 1 amide bonds. The largest absolute Gasteiger partial charge is 0.508 e. The number of aromatic hydroxyl groups is 1. The maximum absolute atomic E-state index is 13.2. The summed E-state index contributed by atoms with van der Waals surface area (Å²) in [7, 11) is 1.50. The van der Waals surface area contributed by atoms with Crippen molar-refractivity contribution >= 4 is 63.1 Å². The third-order valence-corrected chi connectivity index (χ3v) is 6.07. The van der Waals surface area contributed by atoms with Gasteiger partial charge in [0, 0.05) is 27.2 Å². The van der Waals surface area contributed by atoms with Gasteiger partial charge in [0.05, 0.1) is 24.7 Å². The molecule has 0 saturated carbocycles. The molecule has 0 saturated heterocycles. The molecule has 4 aromatic rings. The van der Waals surface area contributed by atoms with Crippen LogP contribution in [0.5, 0.6) is 11.5 Å². The maximum Gasteiger partial charge on any atom is 0.296 e. The first-order valence-electron chi connectivity index (χ1n) is 9.73. The lowest BCUT2D eigenvalue weighted by Crippen LogP contribution is -2.23. The van der Waals surface area contributed by atoms with Crippen molar-refractivity contribution < 1.29 is 19.4 Å². The van der Waals surface area contributed by atoms with Crippen molar-refractivity contribution in [2.24, 2.45) is 0 Å². The molecule has 1 heterocycles. The van der Waals surface area contributed by atoms with Crippen LogP contribution in [0.25, 0.3) is 10.9 Å². The highest BCUT2D eigenvalue weighted by Gasteiger charge is 2.27. The van der Waals surface area contributed by atoms with Crippen molar-refractivity contribution in [3.8, 4) is 11.5 Å². The van der Waals surface area contributed by atoms with Crippen LogP contribution in [-0.2, 0) is 11.3 Å². The molecule has 0 atom stereocenters. The molecular formula is C24H17Cl3N2O4. The number of phenolic OH excluding ortho intramolecular Hbond substituents is 1. The lowest BCUT2D eigenvalue weighted by molar-refractivity contribution is -0.112. The fourth-order valence-corrected chi connectivity index (χ4v) is 4.31. The molecule has 6 nitrogen and oxygen atoms in total. The summed E-state index contributed by atoms with van der Waals surface area (Å²) in [5.74, 6) is -1.26. The number of phenols is 1. The number of Topliss-reactive ketones (excluding diaryl/α,β-unsaturated/α-hetero) is 1. The molecular weight excluding hydrogens is 487 g/mol. The van der Waals surface area contributed by atoms with Crippen molar-refractivity contribution in [2.45, 2.75) is 6.54 Å². The predicted molar refractivity (Wildman–Crippen MR) is 130 cm³/mol. The summed E-state index contributed by atoms with van der Waals surface area (Å²) in [5.41, 5.74) is 1.64. The normalized spacial score (nSPS) is 10.9. The molecule has 9 heteroatoms. The van der Waals surface area contributed by atoms with Crippen LogP contribution in [0.15, 0.2) is 60.7 Å². The van der Waals surface area contributed by atoms with Gasteiger partial charge in [0.15, 0.2) is 0 Å². The number of anilines is 1. The minimum Gasteiger partial charge on any atom is -0.508 e. The van der Waals surface area contributed by atoms with E-state index in [1.165, 1.54) is 19.2 Å². The zero-order valence-electron chi connectivity index (χ0n) is 17.2. The molecule has 0 unspecified atom stereocenters. The van der Waals surface area contributed by atoms with E-state index in [2.05, 4.69) is 5.32 Å². The van der Waals surface area contributed by atoms with E-state index in [0.29, 0.717) is 37.9 Å². The average molecular weight is 504 g/mol. The van der Waals surface area contributed by atoms with Gasteiger partial charge in [-0.1, -0.05) is 46.9 Å². The summed E-state index contributed by atoms with van der Waals surface area (Å²) in [5, 5.41) is 13.9. The van der Waals surface area contributed by atoms with Crippen LogP contribution < -0.4 is 10.1 Å². The van der Waals surface area contributed by atoms with E-state index in [0.717, 1.165) is 0 Å². The number of ether oxygens (including phenoxy) is 1. The van der Waals surface area contributed by atoms with E-state index in [-0.39, 0.29) is 23.0 Å². The number of carbonyl (C=O) groups is 2. The number of hydrogen-bond donors (Lipinski definition) is 2. The Labute approximate surface area is 204 Å². The Morgan fingerprint density at radius 3 is 2.55 bits per heavy atom. The standard InChI is InChI=1S/C24H17Cl3N2O4/c1-33-17-4-2-3-15(10-17)28-24(32)22(31)21-18-11-16(30)7-8-20(18)29(23(21)27)12-13-5-6-14(25)9-19(13)26/h2-11,30H,12H2,1H3,(H,28,32). The van der Waals surface area contributed by atoms with E-state index in [9.17, 15) is 14.7 Å². The number of nitrogens with zero attached hydrogens (tertiary/aromatic N) is 1. The Balaban J connectivity index is 1.75. The van der Waals surface area contributed by atoms with Crippen molar-refractivity contribution in [2.75, 3.05) is 12.4 Å². The van der Waals surface area contributed by atoms with Crippen LogP contribution >= 0.6 is 34.8 Å². The molecule has 3 aromatic carbocycles. The highest BCUT2D eigenvalue weighted by molar-refractivity contribution is 6.52. The van der Waals surface area contributed by atoms with Crippen molar-refractivity contribution in [1.82, 2.24) is 4.57 Å². The number of halogens is 3. The number of amides is 1. The molecule has 33 heavy (non-hydrogen) atoms. The number of rotatable bonds is 6. The number of carbonyl (C=O) groups excluding carboxylic acids is 2. The molecule has 0 aliphatic carbocycles. The monoisotopic (exact) mass is 502 g/mol. The van der Waals surface area contributed by atoms with Crippen LogP contribution in [0.4, 0.5) is 5.69 Å². The molecule has 0 fully saturated rings. The smallest absolute Gasteiger partial charge is 0.296 e. The zero-order chi connectivity index (χ0) is 23.7. The molecule has 0 aliphatic rings. The molecule has 1 aromatic heterocycles. The van der Waals surface area contributed by atoms with Crippen LogP contribution in [0.3, 0.4) is 0 Å². The number of methoxy groups -OCH3 is 1. The highest BCUT2D eigenvalue weighted by Crippen LogP contribution is 2.35. The van der Waals surface area contributed by atoms with Gasteiger partial charge in [-0.2, -0.15) is 0 Å². The van der Waals surface area contributed by atoms with Crippen molar-refractivity contribution in [1.29, 1.82) is 0 Å². The Kier molecular flexibility index (Phi) is 6.51. The van der Waals surface area contributed by atoms with Gasteiger partial charge in [-0.25, -0.2) is 0 Å². The maximum atomic E-state index is 13.2. The van der Waals surface area contributed by atoms with E-state index in [4.69, 9.17) is 39.5 Å². The topological polar surface area (TPSA) is 80.6 Å². The van der Waals surface area contributed by atoms with Gasteiger partial charge in [-0.3, -0.25) is 9.59 Å². The average Bonchev–Trinajstić information content (AvgIpc) is 3.05. The van der Waals surface area contributed by atoms with E-state index < -0.39 is 11.7 Å². The van der Waals surface area contributed by atoms with Gasteiger partial charge in [0.1, 0.15) is 16.7 Å². The number of nitrogens with one attached hydrogen (secondary N) is 1. The van der Waals surface area contributed by atoms with Crippen molar-refractivity contribution in [3.63, 3.8) is 0 Å².